The fourth-order valence-corrected chi connectivity index (χ4v) is 1.31. The van der Waals surface area contributed by atoms with Gasteiger partial charge in [0.2, 0.25) is 0 Å². The van der Waals surface area contributed by atoms with Gasteiger partial charge < -0.3 is 5.32 Å². The molecule has 0 amide bonds. The van der Waals surface area contributed by atoms with Crippen LogP contribution in [-0.2, 0) is 0 Å². The minimum absolute atomic E-state index is 1.01. The number of dihydropyridines is 1. The lowest BCUT2D eigenvalue weighted by Gasteiger charge is -2.13. The molecule has 1 heterocycles. The first-order chi connectivity index (χ1) is 5.34. The second-order valence-electron chi connectivity index (χ2n) is 3.07. The second kappa shape index (κ2) is 4.22. The van der Waals surface area contributed by atoms with Gasteiger partial charge in [0.1, 0.15) is 0 Å². The summed E-state index contributed by atoms with van der Waals surface area (Å²) in [5.74, 6) is 0. The van der Waals surface area contributed by atoms with Gasteiger partial charge in [0.25, 0.3) is 0 Å². The Balaban J connectivity index is 2.43. The molecule has 1 N–H and O–H groups in total. The van der Waals surface area contributed by atoms with E-state index in [-0.39, 0.29) is 0 Å². The van der Waals surface area contributed by atoms with Crippen molar-refractivity contribution in [1.82, 2.24) is 5.32 Å². The van der Waals surface area contributed by atoms with Gasteiger partial charge in [0, 0.05) is 6.54 Å². The maximum Gasteiger partial charge on any atom is 0.0331 e. The zero-order valence-electron chi connectivity index (χ0n) is 7.48. The molecule has 0 spiro atoms. The predicted octanol–water partition coefficient (Wildman–Crippen LogP) is 2.61. The summed E-state index contributed by atoms with van der Waals surface area (Å²) in [5, 5.41) is 3.20. The molecule has 0 bridgehead atoms. The zero-order valence-corrected chi connectivity index (χ0v) is 7.48. The lowest BCUT2D eigenvalue weighted by Crippen LogP contribution is -2.11. The highest BCUT2D eigenvalue weighted by atomic mass is 14.8. The third-order valence-electron chi connectivity index (χ3n) is 2.09. The molecule has 0 aromatic carbocycles. The van der Waals surface area contributed by atoms with Crippen molar-refractivity contribution < 1.29 is 0 Å². The maximum absolute atomic E-state index is 3.20. The van der Waals surface area contributed by atoms with Crippen molar-refractivity contribution in [2.24, 2.45) is 0 Å². The first-order valence-corrected chi connectivity index (χ1v) is 4.44. The normalized spacial score (nSPS) is 16.9. The molecular weight excluding hydrogens is 134 g/mol. The molecule has 1 rings (SSSR count). The van der Waals surface area contributed by atoms with Crippen LogP contribution >= 0.6 is 0 Å². The minimum Gasteiger partial charge on any atom is -0.387 e. The molecule has 1 heteroatoms. The molecule has 0 aromatic rings. The predicted molar refractivity (Wildman–Crippen MR) is 49.4 cm³/mol. The van der Waals surface area contributed by atoms with Gasteiger partial charge in [0.05, 0.1) is 0 Å². The van der Waals surface area contributed by atoms with Crippen LogP contribution in [0, 0.1) is 0 Å². The SMILES string of the molecule is CCCCC1=CCNC=C1C. The fraction of sp³-hybridized carbons (Fsp3) is 0.600. The number of hydrogen-bond donors (Lipinski definition) is 1. The van der Waals surface area contributed by atoms with Crippen LogP contribution in [0.3, 0.4) is 0 Å². The van der Waals surface area contributed by atoms with Crippen LogP contribution in [-0.4, -0.2) is 6.54 Å². The van der Waals surface area contributed by atoms with E-state index in [0.29, 0.717) is 0 Å². The Labute approximate surface area is 69.2 Å². The topological polar surface area (TPSA) is 12.0 Å². The number of nitrogens with one attached hydrogen (secondary N) is 1. The van der Waals surface area contributed by atoms with Crippen LogP contribution in [0.25, 0.3) is 0 Å². The van der Waals surface area contributed by atoms with Gasteiger partial charge in [-0.1, -0.05) is 19.4 Å². The lowest BCUT2D eigenvalue weighted by atomic mass is 10.0. The van der Waals surface area contributed by atoms with Gasteiger partial charge >= 0.3 is 0 Å². The number of rotatable bonds is 3. The second-order valence-corrected chi connectivity index (χ2v) is 3.07. The molecular formula is C10H17N. The maximum atomic E-state index is 3.20. The summed E-state index contributed by atoms with van der Waals surface area (Å²) in [4.78, 5) is 0. The van der Waals surface area contributed by atoms with Crippen molar-refractivity contribution >= 4 is 0 Å². The molecule has 0 saturated carbocycles. The van der Waals surface area contributed by atoms with Crippen LogP contribution in [0.4, 0.5) is 0 Å². The summed E-state index contributed by atoms with van der Waals surface area (Å²) >= 11 is 0. The largest absolute Gasteiger partial charge is 0.387 e. The van der Waals surface area contributed by atoms with Crippen molar-refractivity contribution in [2.75, 3.05) is 6.54 Å². The van der Waals surface area contributed by atoms with E-state index < -0.39 is 0 Å². The average molecular weight is 151 g/mol. The standard InChI is InChI=1S/C10H17N/c1-3-4-5-10-6-7-11-8-9(10)2/h6,8,11H,3-5,7H2,1-2H3. The van der Waals surface area contributed by atoms with Crippen LogP contribution < -0.4 is 5.32 Å². The Bertz CT molecular complexity index is 177. The van der Waals surface area contributed by atoms with Gasteiger partial charge in [-0.25, -0.2) is 0 Å². The van der Waals surface area contributed by atoms with Crippen molar-refractivity contribution in [2.45, 2.75) is 33.1 Å². The first kappa shape index (κ1) is 8.38. The molecule has 62 valence electrons. The summed E-state index contributed by atoms with van der Waals surface area (Å²) < 4.78 is 0. The first-order valence-electron chi connectivity index (χ1n) is 4.44. The molecule has 11 heavy (non-hydrogen) atoms. The Morgan fingerprint density at radius 2 is 2.36 bits per heavy atom. The molecule has 0 aliphatic carbocycles. The molecule has 0 aromatic heterocycles. The van der Waals surface area contributed by atoms with Crippen LogP contribution in [0.15, 0.2) is 23.4 Å². The summed E-state index contributed by atoms with van der Waals surface area (Å²) in [6, 6.07) is 0. The van der Waals surface area contributed by atoms with Gasteiger partial charge in [-0.2, -0.15) is 0 Å². The lowest BCUT2D eigenvalue weighted by molar-refractivity contribution is 0.776. The highest BCUT2D eigenvalue weighted by Crippen LogP contribution is 2.17. The fourth-order valence-electron chi connectivity index (χ4n) is 1.31. The highest BCUT2D eigenvalue weighted by molar-refractivity contribution is 5.31. The molecule has 1 aliphatic rings. The summed E-state index contributed by atoms with van der Waals surface area (Å²) in [6.45, 7) is 5.42. The Morgan fingerprint density at radius 1 is 1.55 bits per heavy atom. The van der Waals surface area contributed by atoms with Gasteiger partial charge in [0.15, 0.2) is 0 Å². The summed E-state index contributed by atoms with van der Waals surface area (Å²) in [6.07, 6.45) is 8.27. The summed E-state index contributed by atoms with van der Waals surface area (Å²) in [5.41, 5.74) is 2.94. The Hall–Kier alpha value is -0.720. The third kappa shape index (κ3) is 2.41. The van der Waals surface area contributed by atoms with Gasteiger partial charge in [-0.15, -0.1) is 0 Å². The highest BCUT2D eigenvalue weighted by Gasteiger charge is 2.02. The molecule has 0 atom stereocenters. The van der Waals surface area contributed by atoms with Crippen LogP contribution in [0.1, 0.15) is 33.1 Å². The summed E-state index contributed by atoms with van der Waals surface area (Å²) in [7, 11) is 0. The number of unbranched alkanes of at least 4 members (excludes halogenated alkanes) is 1. The van der Waals surface area contributed by atoms with Crippen molar-refractivity contribution in [3.8, 4) is 0 Å². The van der Waals surface area contributed by atoms with E-state index in [0.717, 1.165) is 6.54 Å². The van der Waals surface area contributed by atoms with E-state index in [1.807, 2.05) is 0 Å². The molecule has 0 saturated heterocycles. The smallest absolute Gasteiger partial charge is 0.0331 e. The number of allylic oxidation sites excluding steroid dienone is 2. The Morgan fingerprint density at radius 3 is 3.00 bits per heavy atom. The monoisotopic (exact) mass is 151 g/mol. The molecule has 1 nitrogen and oxygen atoms in total. The van der Waals surface area contributed by atoms with Crippen molar-refractivity contribution in [1.29, 1.82) is 0 Å². The van der Waals surface area contributed by atoms with E-state index in [2.05, 4.69) is 31.4 Å². The van der Waals surface area contributed by atoms with Crippen LogP contribution in [0.2, 0.25) is 0 Å². The molecule has 0 unspecified atom stereocenters. The molecule has 0 fully saturated rings. The van der Waals surface area contributed by atoms with E-state index in [1.54, 1.807) is 0 Å². The molecule has 0 radical (unpaired) electrons. The quantitative estimate of drug-likeness (QED) is 0.653. The molecule has 1 aliphatic heterocycles. The van der Waals surface area contributed by atoms with Crippen LogP contribution in [0.5, 0.6) is 0 Å². The number of hydrogen-bond acceptors (Lipinski definition) is 1. The van der Waals surface area contributed by atoms with E-state index in [1.165, 1.54) is 30.4 Å². The van der Waals surface area contributed by atoms with Crippen molar-refractivity contribution in [3.05, 3.63) is 23.4 Å². The van der Waals surface area contributed by atoms with E-state index in [9.17, 15) is 0 Å². The Kier molecular flexibility index (Phi) is 3.21. The van der Waals surface area contributed by atoms with E-state index >= 15 is 0 Å². The minimum atomic E-state index is 1.01. The average Bonchev–Trinajstić information content (AvgIpc) is 2.03. The van der Waals surface area contributed by atoms with Crippen molar-refractivity contribution in [3.63, 3.8) is 0 Å². The van der Waals surface area contributed by atoms with Gasteiger partial charge in [-0.3, -0.25) is 0 Å². The zero-order chi connectivity index (χ0) is 8.10. The van der Waals surface area contributed by atoms with E-state index in [4.69, 9.17) is 0 Å². The third-order valence-corrected chi connectivity index (χ3v) is 2.09. The van der Waals surface area contributed by atoms with Gasteiger partial charge in [-0.05, 0) is 37.1 Å².